The third-order valence-electron chi connectivity index (χ3n) is 3.91. The number of rotatable bonds is 6. The minimum absolute atomic E-state index is 0.0910. The van der Waals surface area contributed by atoms with Gasteiger partial charge in [0.05, 0.1) is 30.4 Å². The molecule has 0 N–H and O–H groups in total. The number of hydrogen-bond acceptors (Lipinski definition) is 4. The van der Waals surface area contributed by atoms with Gasteiger partial charge in [-0.3, -0.25) is 4.98 Å². The fourth-order valence-electron chi connectivity index (χ4n) is 2.71. The van der Waals surface area contributed by atoms with Crippen molar-refractivity contribution < 1.29 is 8.78 Å². The van der Waals surface area contributed by atoms with Crippen LogP contribution in [0.25, 0.3) is 0 Å². The summed E-state index contributed by atoms with van der Waals surface area (Å²) in [5.41, 5.74) is 1.61. The summed E-state index contributed by atoms with van der Waals surface area (Å²) in [7, 11) is 0. The van der Waals surface area contributed by atoms with E-state index in [-0.39, 0.29) is 12.3 Å². The lowest BCUT2D eigenvalue weighted by Gasteiger charge is -2.12. The highest BCUT2D eigenvalue weighted by Gasteiger charge is 2.21. The molecule has 0 saturated heterocycles. The Morgan fingerprint density at radius 3 is 2.52 bits per heavy atom. The average Bonchev–Trinajstić information content (AvgIpc) is 2.93. The van der Waals surface area contributed by atoms with E-state index in [1.54, 1.807) is 6.20 Å². The minimum Gasteiger partial charge on any atom is -0.316 e. The Labute approximate surface area is 160 Å². The molecule has 2 aromatic heterocycles. The van der Waals surface area contributed by atoms with Crippen molar-refractivity contribution in [2.24, 2.45) is 0 Å². The molecular weight excluding hydrogens is 366 g/mol. The Bertz CT molecular complexity index is 957. The summed E-state index contributed by atoms with van der Waals surface area (Å²) in [6, 6.07) is 11.2. The average molecular weight is 384 g/mol. The highest BCUT2D eigenvalue weighted by molar-refractivity contribution is 7.99. The molecule has 0 unspecified atom stereocenters. The molecule has 27 heavy (non-hydrogen) atoms. The summed E-state index contributed by atoms with van der Waals surface area (Å²) in [4.78, 5) is 9.43. The predicted molar refractivity (Wildman–Crippen MR) is 99.5 cm³/mol. The van der Waals surface area contributed by atoms with Crippen LogP contribution in [0.2, 0.25) is 0 Å². The van der Waals surface area contributed by atoms with E-state index in [2.05, 4.69) is 16.0 Å². The van der Waals surface area contributed by atoms with E-state index in [0.717, 1.165) is 22.5 Å². The number of hydrogen-bond donors (Lipinski definition) is 0. The van der Waals surface area contributed by atoms with Crippen LogP contribution in [0.5, 0.6) is 0 Å². The zero-order chi connectivity index (χ0) is 19.4. The first kappa shape index (κ1) is 19.1. The van der Waals surface area contributed by atoms with Crippen molar-refractivity contribution in [1.29, 1.82) is 5.26 Å². The molecule has 4 nitrogen and oxygen atoms in total. The van der Waals surface area contributed by atoms with E-state index in [1.165, 1.54) is 23.9 Å². The van der Waals surface area contributed by atoms with E-state index in [1.807, 2.05) is 36.6 Å². The maximum absolute atomic E-state index is 13.6. The molecule has 138 valence electrons. The molecule has 0 fully saturated rings. The Balaban J connectivity index is 2.09. The molecule has 1 aromatic carbocycles. The molecule has 3 aromatic rings. The highest BCUT2D eigenvalue weighted by Crippen LogP contribution is 2.36. The number of pyridine rings is 1. The third kappa shape index (κ3) is 4.52. The lowest BCUT2D eigenvalue weighted by atomic mass is 10.1. The Kier molecular flexibility index (Phi) is 5.87. The molecule has 0 aliphatic carbocycles. The second-order valence-corrected chi connectivity index (χ2v) is 7.38. The molecule has 0 amide bonds. The van der Waals surface area contributed by atoms with Gasteiger partial charge in [-0.15, -0.1) is 0 Å². The number of nitriles is 1. The van der Waals surface area contributed by atoms with E-state index in [9.17, 15) is 14.0 Å². The van der Waals surface area contributed by atoms with Crippen LogP contribution in [0.4, 0.5) is 8.78 Å². The maximum atomic E-state index is 13.6. The number of halogens is 2. The van der Waals surface area contributed by atoms with Crippen LogP contribution >= 0.6 is 11.8 Å². The van der Waals surface area contributed by atoms with Crippen molar-refractivity contribution in [2.75, 3.05) is 0 Å². The van der Waals surface area contributed by atoms with Gasteiger partial charge in [0, 0.05) is 17.2 Å². The van der Waals surface area contributed by atoms with Crippen molar-refractivity contribution in [3.8, 4) is 6.07 Å². The van der Waals surface area contributed by atoms with Gasteiger partial charge in [-0.05, 0) is 30.2 Å². The largest absolute Gasteiger partial charge is 0.316 e. The Morgan fingerprint density at radius 1 is 1.19 bits per heavy atom. The van der Waals surface area contributed by atoms with Crippen LogP contribution in [0.1, 0.15) is 37.0 Å². The smallest absolute Gasteiger partial charge is 0.127 e. The van der Waals surface area contributed by atoms with Crippen LogP contribution in [-0.4, -0.2) is 14.5 Å². The van der Waals surface area contributed by atoms with Gasteiger partial charge < -0.3 is 4.57 Å². The molecular formula is C20H18F2N4S. The van der Waals surface area contributed by atoms with E-state index < -0.39 is 11.6 Å². The van der Waals surface area contributed by atoms with Crippen LogP contribution in [0, 0.1) is 23.0 Å². The molecule has 0 aliphatic rings. The van der Waals surface area contributed by atoms with Gasteiger partial charge in [0.25, 0.3) is 0 Å². The fourth-order valence-corrected chi connectivity index (χ4v) is 3.94. The lowest BCUT2D eigenvalue weighted by molar-refractivity contribution is 0.577. The lowest BCUT2D eigenvalue weighted by Crippen LogP contribution is -2.07. The Hall–Kier alpha value is -2.72. The molecule has 7 heteroatoms. The van der Waals surface area contributed by atoms with Gasteiger partial charge >= 0.3 is 0 Å². The highest BCUT2D eigenvalue weighted by atomic mass is 32.2. The molecule has 0 radical (unpaired) electrons. The van der Waals surface area contributed by atoms with E-state index in [0.29, 0.717) is 17.3 Å². The fraction of sp³-hybridized carbons (Fsp3) is 0.250. The van der Waals surface area contributed by atoms with Gasteiger partial charge in [-0.1, -0.05) is 31.7 Å². The molecule has 0 spiro atoms. The van der Waals surface area contributed by atoms with Crippen molar-refractivity contribution in [3.63, 3.8) is 0 Å². The third-order valence-corrected chi connectivity index (χ3v) is 5.00. The first-order valence-electron chi connectivity index (χ1n) is 8.48. The van der Waals surface area contributed by atoms with E-state index in [4.69, 9.17) is 0 Å². The van der Waals surface area contributed by atoms with Crippen LogP contribution in [-0.2, 0) is 13.0 Å². The van der Waals surface area contributed by atoms with Crippen molar-refractivity contribution >= 4 is 11.8 Å². The van der Waals surface area contributed by atoms with Gasteiger partial charge in [0.15, 0.2) is 0 Å². The van der Waals surface area contributed by atoms with Gasteiger partial charge in [-0.2, -0.15) is 5.26 Å². The summed E-state index contributed by atoms with van der Waals surface area (Å²) < 4.78 is 29.2. The zero-order valence-corrected chi connectivity index (χ0v) is 15.8. The summed E-state index contributed by atoms with van der Waals surface area (Å²) in [6.07, 6.45) is 1.85. The van der Waals surface area contributed by atoms with Gasteiger partial charge in [0.2, 0.25) is 0 Å². The first-order chi connectivity index (χ1) is 13.0. The van der Waals surface area contributed by atoms with Gasteiger partial charge in [-0.25, -0.2) is 13.8 Å². The first-order valence-corrected chi connectivity index (χ1v) is 9.29. The summed E-state index contributed by atoms with van der Waals surface area (Å²) >= 11 is 1.25. The molecule has 0 atom stereocenters. The number of imidazole rings is 1. The zero-order valence-electron chi connectivity index (χ0n) is 15.0. The van der Waals surface area contributed by atoms with Gasteiger partial charge in [0.1, 0.15) is 22.5 Å². The quantitative estimate of drug-likeness (QED) is 0.604. The summed E-state index contributed by atoms with van der Waals surface area (Å²) in [5.74, 6) is -0.548. The van der Waals surface area contributed by atoms with Crippen molar-refractivity contribution in [1.82, 2.24) is 14.5 Å². The van der Waals surface area contributed by atoms with Crippen molar-refractivity contribution in [3.05, 3.63) is 71.4 Å². The van der Waals surface area contributed by atoms with Crippen LogP contribution in [0.15, 0.2) is 52.5 Å². The molecule has 3 rings (SSSR count). The Morgan fingerprint density at radius 2 is 1.93 bits per heavy atom. The standard InChI is InChI=1S/C20H18F2N4S/c1-13(2)19-20(27-17-10-14(21)9-15(22)11-17)26(18(25-19)6-7-23)12-16-5-3-4-8-24-16/h3-5,8-11,13H,6,12H2,1-2H3. The molecule has 2 heterocycles. The summed E-state index contributed by atoms with van der Waals surface area (Å²) in [6.45, 7) is 4.43. The minimum atomic E-state index is -0.628. The number of benzene rings is 1. The normalized spacial score (nSPS) is 11.0. The monoisotopic (exact) mass is 384 g/mol. The van der Waals surface area contributed by atoms with Crippen LogP contribution < -0.4 is 0 Å². The summed E-state index contributed by atoms with van der Waals surface area (Å²) in [5, 5.41) is 9.96. The predicted octanol–water partition coefficient (Wildman–Crippen LogP) is 4.95. The van der Waals surface area contributed by atoms with Crippen molar-refractivity contribution in [2.45, 2.75) is 42.7 Å². The number of nitrogens with zero attached hydrogens (tertiary/aromatic N) is 4. The topological polar surface area (TPSA) is 54.5 Å². The molecule has 0 bridgehead atoms. The second-order valence-electron chi connectivity index (χ2n) is 6.32. The SMILES string of the molecule is CC(C)c1nc(CC#N)n(Cc2ccccn2)c1Sc1cc(F)cc(F)c1. The second kappa shape index (κ2) is 8.31. The van der Waals surface area contributed by atoms with Crippen LogP contribution in [0.3, 0.4) is 0 Å². The number of aromatic nitrogens is 3. The maximum Gasteiger partial charge on any atom is 0.127 e. The molecule has 0 aliphatic heterocycles. The van der Waals surface area contributed by atoms with E-state index >= 15 is 0 Å². The molecule has 0 saturated carbocycles.